The van der Waals surface area contributed by atoms with Crippen LogP contribution in [0, 0.1) is 5.92 Å². The molecule has 0 aromatic heterocycles. The van der Waals surface area contributed by atoms with Gasteiger partial charge >= 0.3 is 0 Å². The van der Waals surface area contributed by atoms with Crippen molar-refractivity contribution in [3.8, 4) is 0 Å². The Morgan fingerprint density at radius 2 is 0.875 bits per heavy atom. The molecule has 0 aromatic carbocycles. The largest absolute Gasteiger partial charge is 0.0885 e. The Hall–Kier alpha value is -0.260. The van der Waals surface area contributed by atoms with E-state index in [0.29, 0.717) is 0 Å². The predicted molar refractivity (Wildman–Crippen MR) is 113 cm³/mol. The van der Waals surface area contributed by atoms with Crippen molar-refractivity contribution in [3.05, 3.63) is 12.2 Å². The molecule has 0 N–H and O–H groups in total. The van der Waals surface area contributed by atoms with Crippen LogP contribution in [0.4, 0.5) is 0 Å². The van der Waals surface area contributed by atoms with E-state index in [4.69, 9.17) is 0 Å². The van der Waals surface area contributed by atoms with Gasteiger partial charge in [0.05, 0.1) is 0 Å². The molecule has 0 heteroatoms. The van der Waals surface area contributed by atoms with Crippen molar-refractivity contribution < 1.29 is 0 Å². The van der Waals surface area contributed by atoms with Crippen LogP contribution >= 0.6 is 0 Å². The molecule has 0 aliphatic carbocycles. The van der Waals surface area contributed by atoms with Crippen LogP contribution < -0.4 is 0 Å². The van der Waals surface area contributed by atoms with Gasteiger partial charge < -0.3 is 0 Å². The molecule has 0 aromatic rings. The lowest BCUT2D eigenvalue weighted by Crippen LogP contribution is -1.95. The molecule has 0 aliphatic rings. The fraction of sp³-hybridized carbons (Fsp3) is 0.917. The lowest BCUT2D eigenvalue weighted by molar-refractivity contribution is 0.438. The zero-order chi connectivity index (χ0) is 17.7. The highest BCUT2D eigenvalue weighted by Crippen LogP contribution is 2.17. The van der Waals surface area contributed by atoms with Crippen molar-refractivity contribution in [2.24, 2.45) is 5.92 Å². The second-order valence-electron chi connectivity index (χ2n) is 7.97. The summed E-state index contributed by atoms with van der Waals surface area (Å²) in [4.78, 5) is 0. The molecule has 0 saturated heterocycles. The van der Waals surface area contributed by atoms with Gasteiger partial charge in [0.2, 0.25) is 0 Å². The van der Waals surface area contributed by atoms with Gasteiger partial charge in [-0.2, -0.15) is 0 Å². The number of allylic oxidation sites excluding steroid dienone is 2. The van der Waals surface area contributed by atoms with Crippen LogP contribution in [-0.4, -0.2) is 0 Å². The van der Waals surface area contributed by atoms with E-state index in [1.54, 1.807) is 0 Å². The third-order valence-corrected chi connectivity index (χ3v) is 5.26. The minimum absolute atomic E-state index is 0.947. The van der Waals surface area contributed by atoms with E-state index in [2.05, 4.69) is 32.9 Å². The first-order valence-corrected chi connectivity index (χ1v) is 11.5. The lowest BCUT2D eigenvalue weighted by Gasteiger charge is -2.10. The molecular weight excluding hydrogens is 288 g/mol. The Morgan fingerprint density at radius 1 is 0.500 bits per heavy atom. The second-order valence-corrected chi connectivity index (χ2v) is 7.97. The third-order valence-electron chi connectivity index (χ3n) is 5.26. The molecule has 1 unspecified atom stereocenters. The van der Waals surface area contributed by atoms with Crippen LogP contribution in [-0.2, 0) is 0 Å². The van der Waals surface area contributed by atoms with E-state index in [0.717, 1.165) is 5.92 Å². The summed E-state index contributed by atoms with van der Waals surface area (Å²) in [6.45, 7) is 7.05. The number of unbranched alkanes of at least 4 members (excludes halogenated alkanes) is 13. The van der Waals surface area contributed by atoms with Crippen molar-refractivity contribution >= 4 is 0 Å². The zero-order valence-corrected chi connectivity index (χ0v) is 17.5. The molecule has 24 heavy (non-hydrogen) atoms. The third kappa shape index (κ3) is 19.8. The fourth-order valence-electron chi connectivity index (χ4n) is 3.45. The van der Waals surface area contributed by atoms with E-state index in [1.165, 1.54) is 116 Å². The summed E-state index contributed by atoms with van der Waals surface area (Å²) in [5, 5.41) is 0. The van der Waals surface area contributed by atoms with Crippen LogP contribution in [0.1, 0.15) is 136 Å². The summed E-state index contributed by atoms with van der Waals surface area (Å²) in [7, 11) is 0. The van der Waals surface area contributed by atoms with Crippen molar-refractivity contribution in [1.29, 1.82) is 0 Å². The van der Waals surface area contributed by atoms with Crippen molar-refractivity contribution in [2.45, 2.75) is 136 Å². The van der Waals surface area contributed by atoms with Crippen molar-refractivity contribution in [1.82, 2.24) is 0 Å². The molecule has 0 bridgehead atoms. The standard InChI is InChI=1S/C24H48/c1-4-6-8-10-12-13-14-15-16-17-19-21-23-24(3)22-20-18-11-9-7-5-2/h15-16,24H,4-14,17-23H2,1-3H3/b16-15+. The number of hydrogen-bond donors (Lipinski definition) is 0. The van der Waals surface area contributed by atoms with Crippen molar-refractivity contribution in [3.63, 3.8) is 0 Å². The van der Waals surface area contributed by atoms with E-state index in [9.17, 15) is 0 Å². The van der Waals surface area contributed by atoms with Crippen molar-refractivity contribution in [2.75, 3.05) is 0 Å². The van der Waals surface area contributed by atoms with Crippen LogP contribution in [0.5, 0.6) is 0 Å². The summed E-state index contributed by atoms with van der Waals surface area (Å²) in [5.41, 5.74) is 0. The van der Waals surface area contributed by atoms with Gasteiger partial charge in [-0.3, -0.25) is 0 Å². The van der Waals surface area contributed by atoms with Gasteiger partial charge in [-0.1, -0.05) is 123 Å². The molecule has 0 rings (SSSR count). The maximum Gasteiger partial charge on any atom is -0.0351 e. The Bertz CT molecular complexity index is 240. The molecule has 1 atom stereocenters. The topological polar surface area (TPSA) is 0 Å². The van der Waals surface area contributed by atoms with Crippen LogP contribution in [0.25, 0.3) is 0 Å². The maximum absolute atomic E-state index is 2.46. The van der Waals surface area contributed by atoms with E-state index >= 15 is 0 Å². The van der Waals surface area contributed by atoms with Crippen LogP contribution in [0.3, 0.4) is 0 Å². The monoisotopic (exact) mass is 336 g/mol. The minimum atomic E-state index is 0.947. The maximum atomic E-state index is 2.46. The molecule has 0 amide bonds. The fourth-order valence-corrected chi connectivity index (χ4v) is 3.45. The van der Waals surface area contributed by atoms with E-state index in [1.807, 2.05) is 0 Å². The van der Waals surface area contributed by atoms with Gasteiger partial charge in [0.25, 0.3) is 0 Å². The molecule has 0 heterocycles. The highest BCUT2D eigenvalue weighted by atomic mass is 14.1. The highest BCUT2D eigenvalue weighted by molar-refractivity contribution is 4.81. The molecule has 144 valence electrons. The molecule has 0 radical (unpaired) electrons. The summed E-state index contributed by atoms with van der Waals surface area (Å²) in [6, 6.07) is 0. The Labute approximate surface area is 154 Å². The summed E-state index contributed by atoms with van der Waals surface area (Å²) >= 11 is 0. The quantitative estimate of drug-likeness (QED) is 0.163. The molecule has 0 spiro atoms. The van der Waals surface area contributed by atoms with Crippen LogP contribution in [0.2, 0.25) is 0 Å². The molecule has 0 fully saturated rings. The van der Waals surface area contributed by atoms with Gasteiger partial charge in [0.15, 0.2) is 0 Å². The van der Waals surface area contributed by atoms with E-state index < -0.39 is 0 Å². The first kappa shape index (κ1) is 23.7. The molecular formula is C24H48. The Kier molecular flexibility index (Phi) is 20.6. The Balaban J connectivity index is 3.20. The SMILES string of the molecule is CCCCCCCC/C=C/CCCCC(C)CCCCCCCC. The summed E-state index contributed by atoms with van der Waals surface area (Å²) < 4.78 is 0. The van der Waals surface area contributed by atoms with Gasteiger partial charge in [-0.25, -0.2) is 0 Å². The van der Waals surface area contributed by atoms with Gasteiger partial charge in [0, 0.05) is 0 Å². The normalized spacial score (nSPS) is 13.0. The smallest absolute Gasteiger partial charge is 0.0351 e. The first-order chi connectivity index (χ1) is 11.8. The van der Waals surface area contributed by atoms with Gasteiger partial charge in [-0.05, 0) is 31.6 Å². The second kappa shape index (κ2) is 20.8. The zero-order valence-electron chi connectivity index (χ0n) is 17.5. The average Bonchev–Trinajstić information content (AvgIpc) is 2.59. The number of rotatable bonds is 19. The first-order valence-electron chi connectivity index (χ1n) is 11.5. The van der Waals surface area contributed by atoms with Crippen LogP contribution in [0.15, 0.2) is 12.2 Å². The molecule has 0 saturated carbocycles. The average molecular weight is 337 g/mol. The lowest BCUT2D eigenvalue weighted by atomic mass is 9.96. The molecule has 0 nitrogen and oxygen atoms in total. The number of hydrogen-bond acceptors (Lipinski definition) is 0. The molecule has 0 aliphatic heterocycles. The van der Waals surface area contributed by atoms with Gasteiger partial charge in [-0.15, -0.1) is 0 Å². The Morgan fingerprint density at radius 3 is 1.42 bits per heavy atom. The summed E-state index contributed by atoms with van der Waals surface area (Å²) in [5.74, 6) is 0.947. The highest BCUT2D eigenvalue weighted by Gasteiger charge is 2.01. The van der Waals surface area contributed by atoms with Gasteiger partial charge in [0.1, 0.15) is 0 Å². The summed E-state index contributed by atoms with van der Waals surface area (Å²) in [6.07, 6.45) is 30.3. The predicted octanol–water partition coefficient (Wildman–Crippen LogP) is 9.24. The minimum Gasteiger partial charge on any atom is -0.0885 e. The van der Waals surface area contributed by atoms with E-state index in [-0.39, 0.29) is 0 Å².